The first kappa shape index (κ1) is 14.1. The van der Waals surface area contributed by atoms with Crippen molar-refractivity contribution >= 4 is 34.6 Å². The second-order valence-corrected chi connectivity index (χ2v) is 6.98. The van der Waals surface area contributed by atoms with E-state index in [2.05, 4.69) is 29.9 Å². The highest BCUT2D eigenvalue weighted by atomic mass is 32.2. The normalized spacial score (nSPS) is 17.2. The Bertz CT molecular complexity index is 673. The van der Waals surface area contributed by atoms with E-state index in [0.717, 1.165) is 38.9 Å². The SMILES string of the molecule is CSc1nc(SC)c2cc3c(nc2n1)CC(C)(C)OC3. The summed E-state index contributed by atoms with van der Waals surface area (Å²) in [5, 5.41) is 2.79. The van der Waals surface area contributed by atoms with E-state index in [0.29, 0.717) is 6.61 Å². The molecule has 0 fully saturated rings. The highest BCUT2D eigenvalue weighted by molar-refractivity contribution is 7.99. The van der Waals surface area contributed by atoms with Gasteiger partial charge in [0.25, 0.3) is 0 Å². The lowest BCUT2D eigenvalue weighted by Crippen LogP contribution is -2.32. The van der Waals surface area contributed by atoms with Crippen molar-refractivity contribution in [2.24, 2.45) is 0 Å². The minimum absolute atomic E-state index is 0.147. The number of hydrogen-bond acceptors (Lipinski definition) is 6. The summed E-state index contributed by atoms with van der Waals surface area (Å²) in [6, 6.07) is 2.14. The summed E-state index contributed by atoms with van der Waals surface area (Å²) in [5.74, 6) is 0. The fourth-order valence-electron chi connectivity index (χ4n) is 2.34. The summed E-state index contributed by atoms with van der Waals surface area (Å²) >= 11 is 3.18. The van der Waals surface area contributed by atoms with Crippen LogP contribution in [0.1, 0.15) is 25.1 Å². The molecule has 0 aromatic carbocycles. The van der Waals surface area contributed by atoms with E-state index in [-0.39, 0.29) is 5.60 Å². The van der Waals surface area contributed by atoms with Crippen molar-refractivity contribution < 1.29 is 4.74 Å². The molecule has 0 radical (unpaired) electrons. The Morgan fingerprint density at radius 1 is 1.15 bits per heavy atom. The van der Waals surface area contributed by atoms with Gasteiger partial charge >= 0.3 is 0 Å². The molecule has 0 unspecified atom stereocenters. The van der Waals surface area contributed by atoms with Crippen molar-refractivity contribution in [2.75, 3.05) is 12.5 Å². The Labute approximate surface area is 127 Å². The fraction of sp³-hybridized carbons (Fsp3) is 0.500. The molecule has 6 heteroatoms. The molecule has 20 heavy (non-hydrogen) atoms. The van der Waals surface area contributed by atoms with Gasteiger partial charge in [-0.1, -0.05) is 11.8 Å². The Morgan fingerprint density at radius 3 is 2.65 bits per heavy atom. The molecule has 0 amide bonds. The minimum atomic E-state index is -0.147. The van der Waals surface area contributed by atoms with Crippen LogP contribution in [0.5, 0.6) is 0 Å². The molecular weight excluding hydrogens is 290 g/mol. The van der Waals surface area contributed by atoms with Crippen molar-refractivity contribution in [2.45, 2.75) is 42.7 Å². The number of hydrogen-bond donors (Lipinski definition) is 0. The van der Waals surface area contributed by atoms with Gasteiger partial charge in [-0.15, -0.1) is 11.8 Å². The molecule has 106 valence electrons. The average Bonchev–Trinajstić information content (AvgIpc) is 2.43. The monoisotopic (exact) mass is 307 g/mol. The lowest BCUT2D eigenvalue weighted by Gasteiger charge is -2.31. The highest BCUT2D eigenvalue weighted by Crippen LogP contribution is 2.31. The van der Waals surface area contributed by atoms with Gasteiger partial charge in [0.05, 0.1) is 23.3 Å². The summed E-state index contributed by atoms with van der Waals surface area (Å²) in [5.41, 5.74) is 2.91. The summed E-state index contributed by atoms with van der Waals surface area (Å²) in [6.45, 7) is 4.81. The van der Waals surface area contributed by atoms with Gasteiger partial charge < -0.3 is 4.74 Å². The first-order valence-corrected chi connectivity index (χ1v) is 8.90. The summed E-state index contributed by atoms with van der Waals surface area (Å²) in [7, 11) is 0. The van der Waals surface area contributed by atoms with Crippen LogP contribution in [0.4, 0.5) is 0 Å². The Hall–Kier alpha value is -0.850. The van der Waals surface area contributed by atoms with Crippen LogP contribution in [-0.4, -0.2) is 33.1 Å². The molecule has 4 nitrogen and oxygen atoms in total. The molecular formula is C14H17N3OS2. The third-order valence-electron chi connectivity index (χ3n) is 3.39. The lowest BCUT2D eigenvalue weighted by atomic mass is 9.95. The van der Waals surface area contributed by atoms with Crippen LogP contribution < -0.4 is 0 Å². The topological polar surface area (TPSA) is 47.9 Å². The molecule has 0 spiro atoms. The van der Waals surface area contributed by atoms with E-state index in [4.69, 9.17) is 9.72 Å². The van der Waals surface area contributed by atoms with Gasteiger partial charge in [0, 0.05) is 12.0 Å². The molecule has 0 aliphatic carbocycles. The minimum Gasteiger partial charge on any atom is -0.370 e. The van der Waals surface area contributed by atoms with Gasteiger partial charge in [0.15, 0.2) is 10.8 Å². The average molecular weight is 307 g/mol. The predicted molar refractivity (Wildman–Crippen MR) is 83.5 cm³/mol. The van der Waals surface area contributed by atoms with E-state index in [9.17, 15) is 0 Å². The van der Waals surface area contributed by atoms with Gasteiger partial charge in [0.1, 0.15) is 5.03 Å². The fourth-order valence-corrected chi connectivity index (χ4v) is 3.31. The molecule has 0 atom stereocenters. The second-order valence-electron chi connectivity index (χ2n) is 5.41. The number of rotatable bonds is 2. The van der Waals surface area contributed by atoms with Crippen LogP contribution in [0, 0.1) is 0 Å². The number of ether oxygens (including phenoxy) is 1. The molecule has 1 aliphatic heterocycles. The van der Waals surface area contributed by atoms with Gasteiger partial charge in [-0.2, -0.15) is 0 Å². The van der Waals surface area contributed by atoms with Crippen LogP contribution >= 0.6 is 23.5 Å². The van der Waals surface area contributed by atoms with E-state index in [1.54, 1.807) is 23.5 Å². The number of pyridine rings is 1. The third-order valence-corrected chi connectivity index (χ3v) is 4.63. The molecule has 2 aromatic heterocycles. The molecule has 3 heterocycles. The third kappa shape index (κ3) is 2.52. The van der Waals surface area contributed by atoms with E-state index in [1.807, 2.05) is 12.5 Å². The summed E-state index contributed by atoms with van der Waals surface area (Å²) in [4.78, 5) is 13.9. The van der Waals surface area contributed by atoms with Gasteiger partial charge in [-0.25, -0.2) is 15.0 Å². The van der Waals surface area contributed by atoms with Crippen molar-refractivity contribution in [1.29, 1.82) is 0 Å². The van der Waals surface area contributed by atoms with E-state index in [1.165, 1.54) is 0 Å². The molecule has 3 rings (SSSR count). The lowest BCUT2D eigenvalue weighted by molar-refractivity contribution is -0.0411. The first-order valence-electron chi connectivity index (χ1n) is 6.45. The molecule has 0 saturated carbocycles. The van der Waals surface area contributed by atoms with Gasteiger partial charge in [0.2, 0.25) is 0 Å². The zero-order valence-corrected chi connectivity index (χ0v) is 13.7. The maximum absolute atomic E-state index is 5.87. The van der Waals surface area contributed by atoms with Crippen molar-refractivity contribution in [3.8, 4) is 0 Å². The maximum atomic E-state index is 5.87. The van der Waals surface area contributed by atoms with Crippen molar-refractivity contribution in [1.82, 2.24) is 15.0 Å². The Kier molecular flexibility index (Phi) is 3.64. The molecule has 1 aliphatic rings. The largest absolute Gasteiger partial charge is 0.370 e. The van der Waals surface area contributed by atoms with Crippen LogP contribution in [0.15, 0.2) is 16.2 Å². The summed E-state index contributed by atoms with van der Waals surface area (Å²) in [6.07, 6.45) is 4.84. The first-order chi connectivity index (χ1) is 9.52. The zero-order valence-electron chi connectivity index (χ0n) is 12.1. The van der Waals surface area contributed by atoms with Gasteiger partial charge in [-0.3, -0.25) is 0 Å². The van der Waals surface area contributed by atoms with Crippen LogP contribution in [0.3, 0.4) is 0 Å². The number of thioether (sulfide) groups is 2. The number of fused-ring (bicyclic) bond motifs is 2. The molecule has 2 aromatic rings. The van der Waals surface area contributed by atoms with Crippen molar-refractivity contribution in [3.63, 3.8) is 0 Å². The molecule has 0 bridgehead atoms. The molecule has 0 saturated heterocycles. The van der Waals surface area contributed by atoms with Gasteiger partial charge in [-0.05, 0) is 32.4 Å². The van der Waals surface area contributed by atoms with Crippen LogP contribution in [-0.2, 0) is 17.8 Å². The Morgan fingerprint density at radius 2 is 1.95 bits per heavy atom. The molecule has 0 N–H and O–H groups in total. The van der Waals surface area contributed by atoms with Crippen molar-refractivity contribution in [3.05, 3.63) is 17.3 Å². The quantitative estimate of drug-likeness (QED) is 0.482. The maximum Gasteiger partial charge on any atom is 0.190 e. The Balaban J connectivity index is 2.20. The van der Waals surface area contributed by atoms with Crippen LogP contribution in [0.2, 0.25) is 0 Å². The second kappa shape index (κ2) is 5.16. The van der Waals surface area contributed by atoms with Crippen LogP contribution in [0.25, 0.3) is 11.0 Å². The predicted octanol–water partition coefficient (Wildman–Crippen LogP) is 3.32. The smallest absolute Gasteiger partial charge is 0.190 e. The number of nitrogens with zero attached hydrogens (tertiary/aromatic N) is 3. The summed E-state index contributed by atoms with van der Waals surface area (Å²) < 4.78 is 5.87. The zero-order chi connectivity index (χ0) is 14.3. The van der Waals surface area contributed by atoms with E-state index >= 15 is 0 Å². The highest BCUT2D eigenvalue weighted by Gasteiger charge is 2.28. The standard InChI is InChI=1S/C14H17N3OS2/c1-14(2)6-10-8(7-18-14)5-9-11(15-10)16-13(20-4)17-12(9)19-3/h5H,6-7H2,1-4H3. The van der Waals surface area contributed by atoms with E-state index < -0.39 is 0 Å². The number of aromatic nitrogens is 3.